The predicted molar refractivity (Wildman–Crippen MR) is 135 cm³/mol. The number of amides is 1. The molecule has 4 aromatic rings. The normalized spacial score (nSPS) is 10.9. The first-order valence-corrected chi connectivity index (χ1v) is 11.8. The molecular formula is C24H22BrN3O4S. The van der Waals surface area contributed by atoms with E-state index in [2.05, 4.69) is 33.2 Å². The molecule has 0 fully saturated rings. The second-order valence-corrected chi connectivity index (χ2v) is 9.23. The van der Waals surface area contributed by atoms with Crippen molar-refractivity contribution in [1.82, 2.24) is 9.55 Å². The molecule has 2 heterocycles. The van der Waals surface area contributed by atoms with Crippen molar-refractivity contribution in [2.45, 2.75) is 19.9 Å². The molecule has 9 heteroatoms. The number of carbonyl (C=O) groups excluding carboxylic acids is 1. The standard InChI is InChI=1S/C24H22BrN3O4S/c1-4-19-21(14-5-7-15(25)8-6-14)22-23(33-19)26-13-28(24(22)30)12-20(29)27-17-11-16(31-2)9-10-18(17)32-3/h5-11,13H,4,12H2,1-3H3,(H,27,29). The lowest BCUT2D eigenvalue weighted by Gasteiger charge is -2.12. The van der Waals surface area contributed by atoms with Gasteiger partial charge in [0.25, 0.3) is 5.56 Å². The number of rotatable bonds is 7. The third-order valence-corrected chi connectivity index (χ3v) is 6.97. The lowest BCUT2D eigenvalue weighted by atomic mass is 10.0. The maximum Gasteiger partial charge on any atom is 0.263 e. The summed E-state index contributed by atoms with van der Waals surface area (Å²) in [5.74, 6) is 0.699. The number of carbonyl (C=O) groups is 1. The van der Waals surface area contributed by atoms with Crippen LogP contribution in [0.15, 0.2) is 58.1 Å². The van der Waals surface area contributed by atoms with Gasteiger partial charge in [-0.1, -0.05) is 35.0 Å². The summed E-state index contributed by atoms with van der Waals surface area (Å²) in [6.45, 7) is 1.87. The zero-order chi connectivity index (χ0) is 23.5. The van der Waals surface area contributed by atoms with E-state index in [1.165, 1.54) is 29.3 Å². The van der Waals surface area contributed by atoms with Crippen LogP contribution in [0.25, 0.3) is 21.3 Å². The number of benzene rings is 2. The Hall–Kier alpha value is -3.17. The molecule has 0 saturated carbocycles. The summed E-state index contributed by atoms with van der Waals surface area (Å²) in [4.78, 5) is 32.5. The van der Waals surface area contributed by atoms with Crippen LogP contribution in [0.3, 0.4) is 0 Å². The lowest BCUT2D eigenvalue weighted by Crippen LogP contribution is -2.28. The fourth-order valence-electron chi connectivity index (χ4n) is 3.61. The van der Waals surface area contributed by atoms with Gasteiger partial charge in [-0.2, -0.15) is 0 Å². The first kappa shape index (κ1) is 23.0. The molecule has 170 valence electrons. The Bertz CT molecular complexity index is 1380. The van der Waals surface area contributed by atoms with Gasteiger partial charge in [-0.3, -0.25) is 14.2 Å². The van der Waals surface area contributed by atoms with E-state index >= 15 is 0 Å². The van der Waals surface area contributed by atoms with E-state index in [0.29, 0.717) is 27.4 Å². The highest BCUT2D eigenvalue weighted by Crippen LogP contribution is 2.37. The Morgan fingerprint density at radius 1 is 1.15 bits per heavy atom. The third-order valence-electron chi connectivity index (χ3n) is 5.20. The van der Waals surface area contributed by atoms with Crippen LogP contribution in [0.5, 0.6) is 11.5 Å². The number of fused-ring (bicyclic) bond motifs is 1. The van der Waals surface area contributed by atoms with E-state index in [0.717, 1.165) is 26.9 Å². The topological polar surface area (TPSA) is 82.5 Å². The van der Waals surface area contributed by atoms with E-state index in [9.17, 15) is 9.59 Å². The Labute approximate surface area is 203 Å². The monoisotopic (exact) mass is 527 g/mol. The Morgan fingerprint density at radius 3 is 2.58 bits per heavy atom. The number of halogens is 1. The number of hydrogen-bond donors (Lipinski definition) is 1. The largest absolute Gasteiger partial charge is 0.497 e. The molecule has 1 amide bonds. The zero-order valence-corrected chi connectivity index (χ0v) is 20.7. The first-order valence-electron chi connectivity index (χ1n) is 10.2. The van der Waals surface area contributed by atoms with E-state index in [-0.39, 0.29) is 18.0 Å². The minimum atomic E-state index is -0.374. The van der Waals surface area contributed by atoms with E-state index < -0.39 is 0 Å². The van der Waals surface area contributed by atoms with Gasteiger partial charge in [0, 0.05) is 21.0 Å². The van der Waals surface area contributed by atoms with Crippen molar-refractivity contribution in [1.29, 1.82) is 0 Å². The molecule has 2 aromatic heterocycles. The molecule has 2 aromatic carbocycles. The molecule has 0 radical (unpaired) electrons. The SMILES string of the molecule is CCc1sc2ncn(CC(=O)Nc3cc(OC)ccc3OC)c(=O)c2c1-c1ccc(Br)cc1. The molecule has 7 nitrogen and oxygen atoms in total. The summed E-state index contributed by atoms with van der Waals surface area (Å²) in [7, 11) is 3.06. The number of aromatic nitrogens is 2. The summed E-state index contributed by atoms with van der Waals surface area (Å²) < 4.78 is 12.8. The second kappa shape index (κ2) is 9.76. The average molecular weight is 528 g/mol. The Morgan fingerprint density at radius 2 is 1.91 bits per heavy atom. The van der Waals surface area contributed by atoms with Gasteiger partial charge >= 0.3 is 0 Å². The molecule has 0 atom stereocenters. The van der Waals surface area contributed by atoms with E-state index in [1.54, 1.807) is 25.3 Å². The third kappa shape index (κ3) is 4.65. The number of thiophene rings is 1. The van der Waals surface area contributed by atoms with Crippen molar-refractivity contribution >= 4 is 49.1 Å². The summed E-state index contributed by atoms with van der Waals surface area (Å²) in [6, 6.07) is 13.0. The van der Waals surface area contributed by atoms with Crippen molar-refractivity contribution in [3.05, 3.63) is 68.5 Å². The number of ether oxygens (including phenoxy) is 2. The van der Waals surface area contributed by atoms with Crippen LogP contribution in [0.2, 0.25) is 0 Å². The van der Waals surface area contributed by atoms with Gasteiger partial charge in [0.15, 0.2) is 0 Å². The highest BCUT2D eigenvalue weighted by atomic mass is 79.9. The highest BCUT2D eigenvalue weighted by Gasteiger charge is 2.19. The number of methoxy groups -OCH3 is 2. The quantitative estimate of drug-likeness (QED) is 0.361. The predicted octanol–water partition coefficient (Wildman–Crippen LogP) is 5.11. The summed E-state index contributed by atoms with van der Waals surface area (Å²) >= 11 is 4.97. The van der Waals surface area contributed by atoms with Crippen molar-refractivity contribution in [2.24, 2.45) is 0 Å². The highest BCUT2D eigenvalue weighted by molar-refractivity contribution is 9.10. The number of nitrogens with zero attached hydrogens (tertiary/aromatic N) is 2. The van der Waals surface area contributed by atoms with Gasteiger partial charge in [-0.05, 0) is 36.2 Å². The molecule has 1 N–H and O–H groups in total. The van der Waals surface area contributed by atoms with Crippen molar-refractivity contribution < 1.29 is 14.3 Å². The van der Waals surface area contributed by atoms with Crippen LogP contribution in [0.4, 0.5) is 5.69 Å². The molecule has 0 bridgehead atoms. The number of hydrogen-bond acceptors (Lipinski definition) is 6. The van der Waals surface area contributed by atoms with Gasteiger partial charge in [0.05, 0.1) is 31.6 Å². The molecule has 0 aliphatic heterocycles. The molecule has 33 heavy (non-hydrogen) atoms. The molecule has 0 aliphatic carbocycles. The number of aryl methyl sites for hydroxylation is 1. The van der Waals surface area contributed by atoms with Crippen molar-refractivity contribution in [2.75, 3.05) is 19.5 Å². The van der Waals surface area contributed by atoms with E-state index in [1.807, 2.05) is 24.3 Å². The molecule has 4 rings (SSSR count). The van der Waals surface area contributed by atoms with Gasteiger partial charge in [0.2, 0.25) is 5.91 Å². The molecule has 0 unspecified atom stereocenters. The van der Waals surface area contributed by atoms with Crippen LogP contribution in [0.1, 0.15) is 11.8 Å². The van der Waals surface area contributed by atoms with Gasteiger partial charge in [-0.25, -0.2) is 4.98 Å². The first-order chi connectivity index (χ1) is 15.9. The van der Waals surface area contributed by atoms with E-state index in [4.69, 9.17) is 9.47 Å². The summed E-state index contributed by atoms with van der Waals surface area (Å²) in [5, 5.41) is 3.33. The van der Waals surface area contributed by atoms with Gasteiger partial charge in [0.1, 0.15) is 22.9 Å². The molecular weight excluding hydrogens is 506 g/mol. The summed E-state index contributed by atoms with van der Waals surface area (Å²) in [5.41, 5.74) is 2.04. The van der Waals surface area contributed by atoms with Gasteiger partial charge < -0.3 is 14.8 Å². The molecule has 0 aliphatic rings. The molecule has 0 spiro atoms. The van der Waals surface area contributed by atoms with Crippen molar-refractivity contribution in [3.63, 3.8) is 0 Å². The minimum Gasteiger partial charge on any atom is -0.497 e. The maximum atomic E-state index is 13.4. The lowest BCUT2D eigenvalue weighted by molar-refractivity contribution is -0.116. The minimum absolute atomic E-state index is 0.181. The van der Waals surface area contributed by atoms with Crippen LogP contribution in [-0.4, -0.2) is 29.7 Å². The number of nitrogens with one attached hydrogen (secondary N) is 1. The zero-order valence-electron chi connectivity index (χ0n) is 18.3. The van der Waals surface area contributed by atoms with Gasteiger partial charge in [-0.15, -0.1) is 11.3 Å². The average Bonchev–Trinajstić information content (AvgIpc) is 3.21. The van der Waals surface area contributed by atoms with Crippen LogP contribution in [0, 0.1) is 0 Å². The summed E-state index contributed by atoms with van der Waals surface area (Å²) in [6.07, 6.45) is 2.20. The van der Waals surface area contributed by atoms with Crippen molar-refractivity contribution in [3.8, 4) is 22.6 Å². The smallest absolute Gasteiger partial charge is 0.263 e. The fourth-order valence-corrected chi connectivity index (χ4v) is 4.97. The fraction of sp³-hybridized carbons (Fsp3) is 0.208. The van der Waals surface area contributed by atoms with Crippen LogP contribution >= 0.6 is 27.3 Å². The number of anilines is 1. The second-order valence-electron chi connectivity index (χ2n) is 7.23. The maximum absolute atomic E-state index is 13.4. The van der Waals surface area contributed by atoms with Crippen LogP contribution in [-0.2, 0) is 17.8 Å². The van der Waals surface area contributed by atoms with Crippen LogP contribution < -0.4 is 20.3 Å². The Balaban J connectivity index is 1.70. The molecule has 0 saturated heterocycles. The Kier molecular flexibility index (Phi) is 6.80.